The molecule has 1 aliphatic rings. The first kappa shape index (κ1) is 10.3. The van der Waals surface area contributed by atoms with Crippen LogP contribution in [0.1, 0.15) is 18.4 Å². The maximum Gasteiger partial charge on any atom is 0.310 e. The lowest BCUT2D eigenvalue weighted by Gasteiger charge is -2.09. The van der Waals surface area contributed by atoms with Crippen LogP contribution < -0.4 is 9.47 Å². The van der Waals surface area contributed by atoms with Gasteiger partial charge in [0.25, 0.3) is 0 Å². The van der Waals surface area contributed by atoms with Crippen LogP contribution in [0.5, 0.6) is 11.5 Å². The Morgan fingerprint density at radius 2 is 2.07 bits per heavy atom. The van der Waals surface area contributed by atoms with Crippen molar-refractivity contribution in [2.24, 2.45) is 0 Å². The van der Waals surface area contributed by atoms with Crippen LogP contribution in [0, 0.1) is 0 Å². The molecule has 0 radical (unpaired) electrons. The molecular formula is C10H9BrO4. The second-order valence-electron chi connectivity index (χ2n) is 3.29. The van der Waals surface area contributed by atoms with Crippen LogP contribution in [-0.4, -0.2) is 17.9 Å². The van der Waals surface area contributed by atoms with E-state index in [2.05, 4.69) is 15.9 Å². The number of fused-ring (bicyclic) bond motifs is 1. The Balaban J connectivity index is 2.44. The number of carbonyl (C=O) groups is 1. The Hall–Kier alpha value is -1.23. The molecule has 0 spiro atoms. The third-order valence-electron chi connectivity index (χ3n) is 2.33. The first-order valence-corrected chi connectivity index (χ1v) is 5.20. The number of ether oxygens (including phenoxy) is 2. The summed E-state index contributed by atoms with van der Waals surface area (Å²) in [5.41, 5.74) is 0.687. The second kappa shape index (κ2) is 3.73. The normalized spacial score (nSPS) is 15.1. The summed E-state index contributed by atoms with van der Waals surface area (Å²) in [4.78, 5) is 10.9. The minimum absolute atomic E-state index is 0.187. The monoisotopic (exact) mass is 272 g/mol. The number of rotatable bonds is 2. The Morgan fingerprint density at radius 3 is 2.67 bits per heavy atom. The minimum atomic E-state index is -0.866. The van der Waals surface area contributed by atoms with Crippen molar-refractivity contribution < 1.29 is 19.4 Å². The topological polar surface area (TPSA) is 55.8 Å². The molecule has 1 atom stereocenters. The lowest BCUT2D eigenvalue weighted by atomic mass is 10.0. The number of benzene rings is 1. The van der Waals surface area contributed by atoms with Gasteiger partial charge in [-0.3, -0.25) is 4.79 Å². The third kappa shape index (κ3) is 1.79. The molecule has 0 aromatic heterocycles. The van der Waals surface area contributed by atoms with E-state index in [1.807, 2.05) is 0 Å². The number of hydrogen-bond acceptors (Lipinski definition) is 3. The summed E-state index contributed by atoms with van der Waals surface area (Å²) < 4.78 is 11.1. The van der Waals surface area contributed by atoms with Crippen LogP contribution in [0.4, 0.5) is 0 Å². The molecule has 0 fully saturated rings. The van der Waals surface area contributed by atoms with Gasteiger partial charge in [0.05, 0.1) is 5.92 Å². The van der Waals surface area contributed by atoms with E-state index in [9.17, 15) is 4.79 Å². The summed E-state index contributed by atoms with van der Waals surface area (Å²) in [5.74, 6) is -0.201. The highest BCUT2D eigenvalue weighted by atomic mass is 79.9. The number of carboxylic acids is 1. The van der Waals surface area contributed by atoms with Crippen LogP contribution in [-0.2, 0) is 4.79 Å². The Morgan fingerprint density at radius 1 is 1.47 bits per heavy atom. The van der Waals surface area contributed by atoms with E-state index in [4.69, 9.17) is 14.6 Å². The molecule has 80 valence electrons. The zero-order valence-corrected chi connectivity index (χ0v) is 9.58. The van der Waals surface area contributed by atoms with Crippen LogP contribution >= 0.6 is 15.9 Å². The molecule has 1 aromatic rings. The fourth-order valence-corrected chi connectivity index (χ4v) is 2.06. The molecule has 0 amide bonds. The van der Waals surface area contributed by atoms with E-state index in [1.165, 1.54) is 0 Å². The van der Waals surface area contributed by atoms with Gasteiger partial charge in [-0.05, 0) is 24.6 Å². The zero-order valence-electron chi connectivity index (χ0n) is 7.99. The molecule has 0 aliphatic carbocycles. The second-order valence-corrected chi connectivity index (χ2v) is 4.14. The standard InChI is InChI=1S/C10H9BrO4/c1-5(10(12)13)6-2-8-9(3-7(6)11)15-4-14-8/h2-3,5H,4H2,1H3,(H,12,13). The summed E-state index contributed by atoms with van der Waals surface area (Å²) in [5, 5.41) is 8.92. The molecule has 1 heterocycles. The van der Waals surface area contributed by atoms with Crippen molar-refractivity contribution >= 4 is 21.9 Å². The van der Waals surface area contributed by atoms with Gasteiger partial charge < -0.3 is 14.6 Å². The minimum Gasteiger partial charge on any atom is -0.481 e. The maximum absolute atomic E-state index is 10.9. The Kier molecular flexibility index (Phi) is 2.56. The van der Waals surface area contributed by atoms with Gasteiger partial charge >= 0.3 is 5.97 Å². The first-order chi connectivity index (χ1) is 7.09. The van der Waals surface area contributed by atoms with Crippen molar-refractivity contribution in [2.45, 2.75) is 12.8 Å². The van der Waals surface area contributed by atoms with E-state index in [-0.39, 0.29) is 6.79 Å². The molecule has 1 aromatic carbocycles. The fourth-order valence-electron chi connectivity index (χ4n) is 1.40. The number of hydrogen-bond donors (Lipinski definition) is 1. The Bertz CT molecular complexity index is 416. The molecule has 1 N–H and O–H groups in total. The lowest BCUT2D eigenvalue weighted by molar-refractivity contribution is -0.138. The predicted octanol–water partition coefficient (Wildman–Crippen LogP) is 2.37. The highest BCUT2D eigenvalue weighted by Crippen LogP contribution is 2.39. The maximum atomic E-state index is 10.9. The van der Waals surface area contributed by atoms with Crippen molar-refractivity contribution in [1.29, 1.82) is 0 Å². The van der Waals surface area contributed by atoms with Crippen molar-refractivity contribution in [1.82, 2.24) is 0 Å². The van der Waals surface area contributed by atoms with Gasteiger partial charge in [0.15, 0.2) is 11.5 Å². The number of carboxylic acid groups (broad SMARTS) is 1. The molecule has 15 heavy (non-hydrogen) atoms. The fraction of sp³-hybridized carbons (Fsp3) is 0.300. The summed E-state index contributed by atoms with van der Waals surface area (Å²) >= 11 is 3.32. The molecule has 1 unspecified atom stereocenters. The smallest absolute Gasteiger partial charge is 0.310 e. The lowest BCUT2D eigenvalue weighted by Crippen LogP contribution is -2.07. The zero-order chi connectivity index (χ0) is 11.0. The van der Waals surface area contributed by atoms with Crippen LogP contribution in [0.3, 0.4) is 0 Å². The summed E-state index contributed by atoms with van der Waals surface area (Å²) in [6.45, 7) is 1.82. The molecular weight excluding hydrogens is 264 g/mol. The molecule has 0 bridgehead atoms. The molecule has 0 saturated heterocycles. The molecule has 4 nitrogen and oxygen atoms in total. The van der Waals surface area contributed by atoms with Gasteiger partial charge in [-0.15, -0.1) is 0 Å². The predicted molar refractivity (Wildman–Crippen MR) is 56.3 cm³/mol. The average molecular weight is 273 g/mol. The first-order valence-electron chi connectivity index (χ1n) is 4.41. The van der Waals surface area contributed by atoms with Crippen molar-refractivity contribution in [3.8, 4) is 11.5 Å². The Labute approximate surface area is 94.9 Å². The van der Waals surface area contributed by atoms with Gasteiger partial charge in [0.1, 0.15) is 0 Å². The highest BCUT2D eigenvalue weighted by Gasteiger charge is 2.22. The van der Waals surface area contributed by atoms with Gasteiger partial charge in [0.2, 0.25) is 6.79 Å². The highest BCUT2D eigenvalue weighted by molar-refractivity contribution is 9.10. The van der Waals surface area contributed by atoms with Gasteiger partial charge in [-0.1, -0.05) is 15.9 Å². The largest absolute Gasteiger partial charge is 0.481 e. The molecule has 2 rings (SSSR count). The molecule has 1 aliphatic heterocycles. The van der Waals surface area contributed by atoms with E-state index in [1.54, 1.807) is 19.1 Å². The summed E-state index contributed by atoms with van der Waals surface area (Å²) in [6.07, 6.45) is 0. The molecule has 5 heteroatoms. The average Bonchev–Trinajstić information content (AvgIpc) is 2.62. The van der Waals surface area contributed by atoms with E-state index < -0.39 is 11.9 Å². The van der Waals surface area contributed by atoms with Crippen molar-refractivity contribution in [3.05, 3.63) is 22.2 Å². The molecule has 0 saturated carbocycles. The van der Waals surface area contributed by atoms with Crippen LogP contribution in [0.15, 0.2) is 16.6 Å². The van der Waals surface area contributed by atoms with Gasteiger partial charge in [-0.2, -0.15) is 0 Å². The SMILES string of the molecule is CC(C(=O)O)c1cc2c(cc1Br)OCO2. The van der Waals surface area contributed by atoms with E-state index in [0.29, 0.717) is 17.1 Å². The van der Waals surface area contributed by atoms with Crippen LogP contribution in [0.25, 0.3) is 0 Å². The third-order valence-corrected chi connectivity index (χ3v) is 3.02. The number of halogens is 1. The van der Waals surface area contributed by atoms with Gasteiger partial charge in [-0.25, -0.2) is 0 Å². The van der Waals surface area contributed by atoms with Crippen molar-refractivity contribution in [3.63, 3.8) is 0 Å². The summed E-state index contributed by atoms with van der Waals surface area (Å²) in [7, 11) is 0. The quantitative estimate of drug-likeness (QED) is 0.898. The summed E-state index contributed by atoms with van der Waals surface area (Å²) in [6, 6.07) is 3.43. The van der Waals surface area contributed by atoms with Crippen molar-refractivity contribution in [2.75, 3.05) is 6.79 Å². The van der Waals surface area contributed by atoms with E-state index in [0.717, 1.165) is 4.47 Å². The van der Waals surface area contributed by atoms with Gasteiger partial charge in [0, 0.05) is 4.47 Å². The van der Waals surface area contributed by atoms with Crippen LogP contribution in [0.2, 0.25) is 0 Å². The number of aliphatic carboxylic acids is 1. The van der Waals surface area contributed by atoms with E-state index >= 15 is 0 Å².